The van der Waals surface area contributed by atoms with E-state index in [-0.39, 0.29) is 5.92 Å². The van der Waals surface area contributed by atoms with Gasteiger partial charge < -0.3 is 0 Å². The third-order valence-electron chi connectivity index (χ3n) is 2.20. The number of halogens is 4. The van der Waals surface area contributed by atoms with Gasteiger partial charge in [-0.1, -0.05) is 6.07 Å². The zero-order valence-electron chi connectivity index (χ0n) is 7.11. The summed E-state index contributed by atoms with van der Waals surface area (Å²) in [5.41, 5.74) is -0.631. The molecule has 14 heavy (non-hydrogen) atoms. The van der Waals surface area contributed by atoms with E-state index in [1.807, 2.05) is 6.42 Å². The normalized spacial score (nSPS) is 17.1. The van der Waals surface area contributed by atoms with E-state index in [1.54, 1.807) is 0 Å². The lowest BCUT2D eigenvalue weighted by Gasteiger charge is -2.09. The summed E-state index contributed by atoms with van der Waals surface area (Å²) in [4.78, 5) is 0. The molecule has 0 aliphatic heterocycles. The van der Waals surface area contributed by atoms with E-state index >= 15 is 0 Å². The maximum atomic E-state index is 12.8. The molecule has 1 atom stereocenters. The fourth-order valence-electron chi connectivity index (χ4n) is 1.33. The van der Waals surface area contributed by atoms with E-state index in [0.717, 1.165) is 18.6 Å². The highest BCUT2D eigenvalue weighted by Gasteiger charge is 2.35. The van der Waals surface area contributed by atoms with E-state index < -0.39 is 17.6 Å². The molecule has 0 aromatic heterocycles. The van der Waals surface area contributed by atoms with Crippen molar-refractivity contribution in [2.45, 2.75) is 18.5 Å². The van der Waals surface area contributed by atoms with Gasteiger partial charge in [0.2, 0.25) is 0 Å². The predicted octanol–water partition coefficient (Wildman–Crippen LogP) is 3.54. The van der Waals surface area contributed by atoms with Gasteiger partial charge in [0, 0.05) is 0 Å². The van der Waals surface area contributed by atoms with Crippen molar-refractivity contribution in [3.05, 3.63) is 41.6 Å². The zero-order chi connectivity index (χ0) is 10.3. The van der Waals surface area contributed by atoms with Crippen molar-refractivity contribution in [1.29, 1.82) is 0 Å². The Bertz CT molecular complexity index is 350. The van der Waals surface area contributed by atoms with Gasteiger partial charge in [-0.2, -0.15) is 13.2 Å². The van der Waals surface area contributed by atoms with Crippen LogP contribution in [0.5, 0.6) is 0 Å². The Kier molecular flexibility index (Phi) is 2.01. The van der Waals surface area contributed by atoms with Crippen molar-refractivity contribution in [2.24, 2.45) is 0 Å². The Morgan fingerprint density at radius 2 is 1.86 bits per heavy atom. The van der Waals surface area contributed by atoms with Crippen molar-refractivity contribution in [1.82, 2.24) is 0 Å². The van der Waals surface area contributed by atoms with Crippen molar-refractivity contribution >= 4 is 0 Å². The first-order valence-corrected chi connectivity index (χ1v) is 4.18. The standard InChI is InChI=1S/C10H7F4/c11-9-4-3-7(6-1-2-6)5-8(9)10(12,13)14/h1,3-6H,2H2. The van der Waals surface area contributed by atoms with Crippen LogP contribution in [0.15, 0.2) is 18.2 Å². The van der Waals surface area contributed by atoms with Gasteiger partial charge in [0.25, 0.3) is 0 Å². The second-order valence-corrected chi connectivity index (χ2v) is 3.31. The van der Waals surface area contributed by atoms with Crippen LogP contribution >= 0.6 is 0 Å². The largest absolute Gasteiger partial charge is 0.419 e. The molecule has 0 bridgehead atoms. The summed E-state index contributed by atoms with van der Waals surface area (Å²) in [5.74, 6) is -1.13. The first-order valence-electron chi connectivity index (χ1n) is 4.18. The van der Waals surface area contributed by atoms with Crippen molar-refractivity contribution < 1.29 is 17.6 Å². The molecule has 0 N–H and O–H groups in total. The molecular weight excluding hydrogens is 196 g/mol. The van der Waals surface area contributed by atoms with Gasteiger partial charge in [-0.15, -0.1) is 0 Å². The minimum absolute atomic E-state index is 0.0803. The van der Waals surface area contributed by atoms with Crippen LogP contribution in [0.2, 0.25) is 0 Å². The molecule has 75 valence electrons. The first-order chi connectivity index (χ1) is 6.48. The average Bonchev–Trinajstić information content (AvgIpc) is 2.85. The quantitative estimate of drug-likeness (QED) is 0.612. The maximum absolute atomic E-state index is 12.8. The molecule has 4 heteroatoms. The number of rotatable bonds is 1. The minimum atomic E-state index is -4.60. The number of benzene rings is 1. The van der Waals surface area contributed by atoms with Crippen LogP contribution in [0, 0.1) is 12.2 Å². The monoisotopic (exact) mass is 203 g/mol. The third-order valence-corrected chi connectivity index (χ3v) is 2.20. The molecule has 1 radical (unpaired) electrons. The topological polar surface area (TPSA) is 0 Å². The summed E-state index contributed by atoms with van der Waals surface area (Å²) in [7, 11) is 0. The van der Waals surface area contributed by atoms with E-state index in [9.17, 15) is 17.6 Å². The third kappa shape index (κ3) is 1.74. The summed E-state index contributed by atoms with van der Waals surface area (Å²) in [6.07, 6.45) is -1.94. The molecule has 0 spiro atoms. The number of alkyl halides is 3. The molecule has 0 heterocycles. The Labute approximate surface area is 78.5 Å². The molecule has 0 nitrogen and oxygen atoms in total. The van der Waals surface area contributed by atoms with Gasteiger partial charge in [0.1, 0.15) is 5.82 Å². The molecule has 0 saturated heterocycles. The summed E-state index contributed by atoms with van der Waals surface area (Å²) in [5, 5.41) is 0. The smallest absolute Gasteiger partial charge is 0.206 e. The van der Waals surface area contributed by atoms with E-state index in [2.05, 4.69) is 0 Å². The molecule has 1 fully saturated rings. The van der Waals surface area contributed by atoms with Gasteiger partial charge in [-0.25, -0.2) is 4.39 Å². The predicted molar refractivity (Wildman–Crippen MR) is 43.1 cm³/mol. The molecular formula is C10H7F4. The van der Waals surface area contributed by atoms with Crippen LogP contribution in [0.3, 0.4) is 0 Å². The molecule has 0 amide bonds. The molecule has 1 aliphatic carbocycles. The Hall–Kier alpha value is -1.06. The SMILES string of the molecule is Fc1ccc(C2[CH]C2)cc1C(F)(F)F. The summed E-state index contributed by atoms with van der Waals surface area (Å²) >= 11 is 0. The highest BCUT2D eigenvalue weighted by molar-refractivity contribution is 5.35. The van der Waals surface area contributed by atoms with Gasteiger partial charge in [-0.3, -0.25) is 0 Å². The molecule has 1 aliphatic rings. The van der Waals surface area contributed by atoms with Crippen LogP contribution in [-0.2, 0) is 6.18 Å². The second-order valence-electron chi connectivity index (χ2n) is 3.31. The lowest BCUT2D eigenvalue weighted by molar-refractivity contribution is -0.140. The first kappa shape index (κ1) is 9.49. The van der Waals surface area contributed by atoms with Crippen molar-refractivity contribution in [3.63, 3.8) is 0 Å². The maximum Gasteiger partial charge on any atom is 0.419 e. The van der Waals surface area contributed by atoms with Crippen LogP contribution in [0.25, 0.3) is 0 Å². The fourth-order valence-corrected chi connectivity index (χ4v) is 1.33. The van der Waals surface area contributed by atoms with E-state index in [1.165, 1.54) is 6.07 Å². The fraction of sp³-hybridized carbons (Fsp3) is 0.300. The Balaban J connectivity index is 2.41. The molecule has 2 rings (SSSR count). The van der Waals surface area contributed by atoms with Gasteiger partial charge in [0.05, 0.1) is 5.56 Å². The van der Waals surface area contributed by atoms with E-state index in [4.69, 9.17) is 0 Å². The zero-order valence-corrected chi connectivity index (χ0v) is 7.11. The van der Waals surface area contributed by atoms with E-state index in [0.29, 0.717) is 5.56 Å². The van der Waals surface area contributed by atoms with Crippen molar-refractivity contribution in [2.75, 3.05) is 0 Å². The lowest BCUT2D eigenvalue weighted by Crippen LogP contribution is -2.08. The van der Waals surface area contributed by atoms with Gasteiger partial charge in [0.15, 0.2) is 0 Å². The summed E-state index contributed by atoms with van der Waals surface area (Å²) in [6.45, 7) is 0. The van der Waals surface area contributed by atoms with Crippen LogP contribution in [0.1, 0.15) is 23.5 Å². The van der Waals surface area contributed by atoms with Crippen molar-refractivity contribution in [3.8, 4) is 0 Å². The highest BCUT2D eigenvalue weighted by atomic mass is 19.4. The number of hydrogen-bond acceptors (Lipinski definition) is 0. The summed E-state index contributed by atoms with van der Waals surface area (Å²) < 4.78 is 49.6. The van der Waals surface area contributed by atoms with Gasteiger partial charge >= 0.3 is 6.18 Å². The molecule has 1 unspecified atom stereocenters. The highest BCUT2D eigenvalue weighted by Crippen LogP contribution is 2.41. The minimum Gasteiger partial charge on any atom is -0.206 e. The van der Waals surface area contributed by atoms with Crippen LogP contribution in [-0.4, -0.2) is 0 Å². The van der Waals surface area contributed by atoms with Crippen LogP contribution in [0.4, 0.5) is 17.6 Å². The average molecular weight is 203 g/mol. The molecule has 1 saturated carbocycles. The lowest BCUT2D eigenvalue weighted by atomic mass is 10.1. The Morgan fingerprint density at radius 1 is 1.21 bits per heavy atom. The molecule has 1 aromatic carbocycles. The second kappa shape index (κ2) is 2.97. The van der Waals surface area contributed by atoms with Crippen LogP contribution < -0.4 is 0 Å². The van der Waals surface area contributed by atoms with Gasteiger partial charge in [-0.05, 0) is 36.5 Å². The summed E-state index contributed by atoms with van der Waals surface area (Å²) in [6, 6.07) is 3.17. The Morgan fingerprint density at radius 3 is 2.36 bits per heavy atom. The molecule has 1 aromatic rings. The number of hydrogen-bond donors (Lipinski definition) is 0.